The van der Waals surface area contributed by atoms with Gasteiger partial charge in [-0.25, -0.2) is 0 Å². The maximum Gasteiger partial charge on any atom is 0.250 e. The zero-order valence-electron chi connectivity index (χ0n) is 9.40. The fourth-order valence-electron chi connectivity index (χ4n) is 1.31. The predicted octanol–water partition coefficient (Wildman–Crippen LogP) is -0.426. The second-order valence-electron chi connectivity index (χ2n) is 3.36. The first-order valence-electron chi connectivity index (χ1n) is 5.37. The van der Waals surface area contributed by atoms with E-state index in [1.165, 1.54) is 6.07 Å². The van der Waals surface area contributed by atoms with Gasteiger partial charge in [0.15, 0.2) is 0 Å². The first-order valence-corrected chi connectivity index (χ1v) is 5.37. The van der Waals surface area contributed by atoms with Gasteiger partial charge in [-0.2, -0.15) is 0 Å². The van der Waals surface area contributed by atoms with Crippen molar-refractivity contribution in [1.29, 1.82) is 0 Å². The lowest BCUT2D eigenvalue weighted by Gasteiger charge is -2.06. The largest absolute Gasteiger partial charge is 0.355 e. The van der Waals surface area contributed by atoms with E-state index < -0.39 is 0 Å². The summed E-state index contributed by atoms with van der Waals surface area (Å²) >= 11 is 0. The van der Waals surface area contributed by atoms with Crippen molar-refractivity contribution in [2.45, 2.75) is 13.5 Å². The van der Waals surface area contributed by atoms with Crippen LogP contribution in [0.25, 0.3) is 0 Å². The van der Waals surface area contributed by atoms with Gasteiger partial charge in [0.25, 0.3) is 5.56 Å². The van der Waals surface area contributed by atoms with Crippen LogP contribution in [0.15, 0.2) is 29.2 Å². The van der Waals surface area contributed by atoms with E-state index in [-0.39, 0.29) is 18.0 Å². The number of hydrogen-bond acceptors (Lipinski definition) is 3. The van der Waals surface area contributed by atoms with E-state index in [1.54, 1.807) is 16.8 Å². The summed E-state index contributed by atoms with van der Waals surface area (Å²) in [6.45, 7) is 3.97. The number of likely N-dealkylation sites (N-methyl/N-ethyl adjacent to an activating group) is 1. The molecular formula is C11H17N3O2. The van der Waals surface area contributed by atoms with Crippen LogP contribution in [0.5, 0.6) is 0 Å². The van der Waals surface area contributed by atoms with Crippen molar-refractivity contribution in [3.63, 3.8) is 0 Å². The van der Waals surface area contributed by atoms with Gasteiger partial charge < -0.3 is 15.2 Å². The maximum absolute atomic E-state index is 11.3. The summed E-state index contributed by atoms with van der Waals surface area (Å²) < 4.78 is 1.60. The van der Waals surface area contributed by atoms with Crippen LogP contribution in [0.1, 0.15) is 6.92 Å². The molecule has 5 heteroatoms. The quantitative estimate of drug-likeness (QED) is 0.643. The van der Waals surface area contributed by atoms with Crippen molar-refractivity contribution in [1.82, 2.24) is 15.2 Å². The number of aromatic nitrogens is 1. The van der Waals surface area contributed by atoms with Crippen LogP contribution in [0.3, 0.4) is 0 Å². The van der Waals surface area contributed by atoms with Gasteiger partial charge in [0.1, 0.15) is 0 Å². The molecule has 1 aromatic heterocycles. The molecule has 0 atom stereocenters. The standard InChI is InChI=1S/C11H17N3O2/c1-2-13-10(15)9-12-6-8-14-7-4-3-5-11(14)16/h3-5,7,12H,2,6,8-9H2,1H3,(H,13,15). The van der Waals surface area contributed by atoms with Gasteiger partial charge >= 0.3 is 0 Å². The maximum atomic E-state index is 11.3. The molecule has 0 fully saturated rings. The van der Waals surface area contributed by atoms with E-state index in [9.17, 15) is 9.59 Å². The second kappa shape index (κ2) is 6.79. The SMILES string of the molecule is CCNC(=O)CNCCn1ccccc1=O. The van der Waals surface area contributed by atoms with Crippen molar-refractivity contribution in [2.24, 2.45) is 0 Å². The average molecular weight is 223 g/mol. The first kappa shape index (κ1) is 12.4. The van der Waals surface area contributed by atoms with Gasteiger partial charge in [-0.15, -0.1) is 0 Å². The average Bonchev–Trinajstić information content (AvgIpc) is 2.27. The Bertz CT molecular complexity index is 387. The van der Waals surface area contributed by atoms with Crippen LogP contribution >= 0.6 is 0 Å². The molecular weight excluding hydrogens is 206 g/mol. The van der Waals surface area contributed by atoms with E-state index in [0.29, 0.717) is 19.6 Å². The fourth-order valence-corrected chi connectivity index (χ4v) is 1.31. The van der Waals surface area contributed by atoms with E-state index in [1.807, 2.05) is 13.0 Å². The third-order valence-corrected chi connectivity index (χ3v) is 2.09. The van der Waals surface area contributed by atoms with E-state index in [4.69, 9.17) is 0 Å². The highest BCUT2D eigenvalue weighted by molar-refractivity contribution is 5.77. The highest BCUT2D eigenvalue weighted by atomic mass is 16.2. The molecule has 0 radical (unpaired) electrons. The predicted molar refractivity (Wildman–Crippen MR) is 62.3 cm³/mol. The lowest BCUT2D eigenvalue weighted by atomic mass is 10.4. The Morgan fingerprint density at radius 2 is 2.25 bits per heavy atom. The Kier molecular flexibility index (Phi) is 5.28. The van der Waals surface area contributed by atoms with Gasteiger partial charge in [-0.3, -0.25) is 9.59 Å². The van der Waals surface area contributed by atoms with Gasteiger partial charge in [-0.05, 0) is 13.0 Å². The lowest BCUT2D eigenvalue weighted by molar-refractivity contribution is -0.120. The van der Waals surface area contributed by atoms with E-state index in [2.05, 4.69) is 10.6 Å². The number of pyridine rings is 1. The van der Waals surface area contributed by atoms with E-state index >= 15 is 0 Å². The molecule has 1 rings (SSSR count). The summed E-state index contributed by atoms with van der Waals surface area (Å²) in [6.07, 6.45) is 1.73. The minimum atomic E-state index is -0.0256. The van der Waals surface area contributed by atoms with E-state index in [0.717, 1.165) is 0 Å². The van der Waals surface area contributed by atoms with Gasteiger partial charge in [0.2, 0.25) is 5.91 Å². The smallest absolute Gasteiger partial charge is 0.250 e. The molecule has 2 N–H and O–H groups in total. The number of carbonyl (C=O) groups excluding carboxylic acids is 1. The van der Waals surface area contributed by atoms with Crippen LogP contribution in [0.4, 0.5) is 0 Å². The number of hydrogen-bond donors (Lipinski definition) is 2. The fraction of sp³-hybridized carbons (Fsp3) is 0.455. The zero-order chi connectivity index (χ0) is 11.8. The molecule has 1 heterocycles. The topological polar surface area (TPSA) is 63.1 Å². The molecule has 0 bridgehead atoms. The van der Waals surface area contributed by atoms with Crippen molar-refractivity contribution in [3.8, 4) is 0 Å². The summed E-state index contributed by atoms with van der Waals surface area (Å²) in [5, 5.41) is 5.66. The van der Waals surface area contributed by atoms with Crippen molar-refractivity contribution in [2.75, 3.05) is 19.6 Å². The highest BCUT2D eigenvalue weighted by Gasteiger charge is 1.98. The molecule has 0 aromatic carbocycles. The van der Waals surface area contributed by atoms with Crippen LogP contribution < -0.4 is 16.2 Å². The molecule has 0 unspecified atom stereocenters. The molecule has 88 valence electrons. The molecule has 0 aliphatic carbocycles. The molecule has 1 amide bonds. The third-order valence-electron chi connectivity index (χ3n) is 2.09. The highest BCUT2D eigenvalue weighted by Crippen LogP contribution is 1.80. The lowest BCUT2D eigenvalue weighted by Crippen LogP contribution is -2.35. The van der Waals surface area contributed by atoms with Crippen LogP contribution in [0.2, 0.25) is 0 Å². The summed E-state index contributed by atoms with van der Waals surface area (Å²) in [6, 6.07) is 5.04. The molecule has 1 aromatic rings. The first-order chi connectivity index (χ1) is 7.74. The number of amides is 1. The van der Waals surface area contributed by atoms with Gasteiger partial charge in [-0.1, -0.05) is 6.07 Å². The number of rotatable bonds is 6. The van der Waals surface area contributed by atoms with Gasteiger partial charge in [0, 0.05) is 31.9 Å². The number of nitrogens with zero attached hydrogens (tertiary/aromatic N) is 1. The Balaban J connectivity index is 2.24. The minimum absolute atomic E-state index is 0.0251. The monoisotopic (exact) mass is 223 g/mol. The van der Waals surface area contributed by atoms with Crippen molar-refractivity contribution < 1.29 is 4.79 Å². The van der Waals surface area contributed by atoms with Crippen LogP contribution in [-0.2, 0) is 11.3 Å². The number of nitrogens with one attached hydrogen (secondary N) is 2. The van der Waals surface area contributed by atoms with Crippen molar-refractivity contribution >= 4 is 5.91 Å². The Morgan fingerprint density at radius 1 is 1.44 bits per heavy atom. The summed E-state index contributed by atoms with van der Waals surface area (Å²) in [5.41, 5.74) is -0.0256. The van der Waals surface area contributed by atoms with Crippen LogP contribution in [-0.4, -0.2) is 30.1 Å². The minimum Gasteiger partial charge on any atom is -0.355 e. The Hall–Kier alpha value is -1.62. The van der Waals surface area contributed by atoms with Crippen LogP contribution in [0, 0.1) is 0 Å². The second-order valence-corrected chi connectivity index (χ2v) is 3.36. The zero-order valence-corrected chi connectivity index (χ0v) is 9.40. The molecule has 0 spiro atoms. The van der Waals surface area contributed by atoms with Gasteiger partial charge in [0.05, 0.1) is 6.54 Å². The Labute approximate surface area is 94.5 Å². The van der Waals surface area contributed by atoms with Crippen molar-refractivity contribution in [3.05, 3.63) is 34.7 Å². The normalized spacial score (nSPS) is 10.1. The molecule has 0 aliphatic rings. The molecule has 0 saturated carbocycles. The molecule has 5 nitrogen and oxygen atoms in total. The molecule has 0 aliphatic heterocycles. The molecule has 16 heavy (non-hydrogen) atoms. The summed E-state index contributed by atoms with van der Waals surface area (Å²) in [5.74, 6) is -0.0251. The molecule has 0 saturated heterocycles. The Morgan fingerprint density at radius 3 is 2.94 bits per heavy atom. The number of carbonyl (C=O) groups is 1. The summed E-state index contributed by atoms with van der Waals surface area (Å²) in [7, 11) is 0. The third kappa shape index (κ3) is 4.27. The summed E-state index contributed by atoms with van der Waals surface area (Å²) in [4.78, 5) is 22.4.